The van der Waals surface area contributed by atoms with Crippen LogP contribution in [0.3, 0.4) is 0 Å². The molecule has 5 nitrogen and oxygen atoms in total. The summed E-state index contributed by atoms with van der Waals surface area (Å²) in [5, 5.41) is 0.329. The average Bonchev–Trinajstić information content (AvgIpc) is 2.70. The molecule has 0 unspecified atom stereocenters. The zero-order valence-corrected chi connectivity index (χ0v) is 14.1. The first-order valence-electron chi connectivity index (χ1n) is 6.44. The molecular formula is C13H21NO4S2. The Hall–Kier alpha value is -1.08. The molecule has 0 amide bonds. The molecule has 1 aromatic heterocycles. The van der Waals surface area contributed by atoms with Gasteiger partial charge < -0.3 is 4.74 Å². The predicted octanol–water partition coefficient (Wildman–Crippen LogP) is 3.03. The number of rotatable bonds is 5. The van der Waals surface area contributed by atoms with E-state index < -0.39 is 20.7 Å². The van der Waals surface area contributed by atoms with Crippen LogP contribution in [0.25, 0.3) is 0 Å². The van der Waals surface area contributed by atoms with Crippen LogP contribution in [0.4, 0.5) is 5.00 Å². The van der Waals surface area contributed by atoms with Gasteiger partial charge >= 0.3 is 5.97 Å². The van der Waals surface area contributed by atoms with Crippen molar-refractivity contribution in [3.8, 4) is 0 Å². The molecule has 0 bridgehead atoms. The van der Waals surface area contributed by atoms with Crippen molar-refractivity contribution in [2.45, 2.75) is 45.8 Å². The van der Waals surface area contributed by atoms with Crippen molar-refractivity contribution in [1.29, 1.82) is 0 Å². The molecule has 7 heteroatoms. The van der Waals surface area contributed by atoms with E-state index in [0.717, 1.165) is 11.3 Å². The number of carbonyl (C=O) groups is 1. The van der Waals surface area contributed by atoms with Gasteiger partial charge in [-0.05, 0) is 40.2 Å². The van der Waals surface area contributed by atoms with Crippen molar-refractivity contribution < 1.29 is 17.9 Å². The Kier molecular flexibility index (Phi) is 5.21. The maximum absolute atomic E-state index is 12.2. The van der Waals surface area contributed by atoms with E-state index >= 15 is 0 Å². The van der Waals surface area contributed by atoms with Crippen LogP contribution >= 0.6 is 11.3 Å². The molecule has 0 radical (unpaired) electrons. The quantitative estimate of drug-likeness (QED) is 0.847. The Morgan fingerprint density at radius 3 is 2.40 bits per heavy atom. The van der Waals surface area contributed by atoms with Gasteiger partial charge in [-0.2, -0.15) is 0 Å². The van der Waals surface area contributed by atoms with Gasteiger partial charge in [0.05, 0.1) is 16.9 Å². The highest BCUT2D eigenvalue weighted by Crippen LogP contribution is 2.32. The zero-order valence-electron chi connectivity index (χ0n) is 12.4. The van der Waals surface area contributed by atoms with E-state index in [1.54, 1.807) is 33.8 Å². The minimum absolute atomic E-state index is 0.252. The fourth-order valence-electron chi connectivity index (χ4n) is 1.33. The number of nitrogens with one attached hydrogen (secondary N) is 1. The molecule has 0 saturated heterocycles. The summed E-state index contributed by atoms with van der Waals surface area (Å²) in [7, 11) is -3.56. The molecule has 1 aromatic rings. The molecule has 1 rings (SSSR count). The van der Waals surface area contributed by atoms with Gasteiger partial charge in [-0.15, -0.1) is 11.3 Å². The van der Waals surface area contributed by atoms with Crippen molar-refractivity contribution in [2.75, 3.05) is 11.3 Å². The Morgan fingerprint density at radius 1 is 1.35 bits per heavy atom. The lowest BCUT2D eigenvalue weighted by Gasteiger charge is -2.20. The lowest BCUT2D eigenvalue weighted by Crippen LogP contribution is -2.33. The minimum Gasteiger partial charge on any atom is -0.462 e. The van der Waals surface area contributed by atoms with E-state index in [1.807, 2.05) is 6.92 Å². The first-order valence-corrected chi connectivity index (χ1v) is 8.74. The third kappa shape index (κ3) is 3.73. The Bertz CT molecular complexity index is 582. The molecule has 0 aliphatic heterocycles. The van der Waals surface area contributed by atoms with Gasteiger partial charge in [0.25, 0.3) is 0 Å². The number of hydrogen-bond donors (Lipinski definition) is 1. The molecule has 1 N–H and O–H groups in total. The lowest BCUT2D eigenvalue weighted by atomic mass is 10.2. The number of anilines is 1. The zero-order chi connectivity index (χ0) is 15.6. The average molecular weight is 319 g/mol. The summed E-state index contributed by atoms with van der Waals surface area (Å²) in [6, 6.07) is 1.68. The molecule has 20 heavy (non-hydrogen) atoms. The molecule has 0 atom stereocenters. The summed E-state index contributed by atoms with van der Waals surface area (Å²) in [5.41, 5.74) is 0.279. The van der Waals surface area contributed by atoms with Crippen molar-refractivity contribution in [3.05, 3.63) is 16.5 Å². The van der Waals surface area contributed by atoms with Gasteiger partial charge in [0.15, 0.2) is 0 Å². The second-order valence-corrected chi connectivity index (χ2v) is 8.82. The molecule has 0 saturated carbocycles. The fraction of sp³-hybridized carbons (Fsp3) is 0.615. The Balaban J connectivity index is 3.18. The number of ether oxygens (including phenoxy) is 1. The smallest absolute Gasteiger partial charge is 0.341 e. The monoisotopic (exact) mass is 319 g/mol. The second kappa shape index (κ2) is 6.13. The number of carbonyl (C=O) groups excluding carboxylic acids is 1. The molecule has 0 aliphatic carbocycles. The second-order valence-electron chi connectivity index (χ2n) is 5.25. The highest BCUT2D eigenvalue weighted by molar-refractivity contribution is 7.94. The summed E-state index contributed by atoms with van der Waals surface area (Å²) in [6.45, 7) is 8.73. The van der Waals surface area contributed by atoms with Crippen LogP contribution in [-0.2, 0) is 21.2 Å². The van der Waals surface area contributed by atoms with Crippen LogP contribution in [0, 0.1) is 0 Å². The molecule has 114 valence electrons. The van der Waals surface area contributed by atoms with Crippen LogP contribution in [0.2, 0.25) is 0 Å². The van der Waals surface area contributed by atoms with Crippen molar-refractivity contribution in [1.82, 2.24) is 0 Å². The van der Waals surface area contributed by atoms with Gasteiger partial charge in [-0.1, -0.05) is 6.92 Å². The summed E-state index contributed by atoms with van der Waals surface area (Å²) in [5.74, 6) is -0.505. The lowest BCUT2D eigenvalue weighted by molar-refractivity contribution is 0.0528. The summed E-state index contributed by atoms with van der Waals surface area (Å²) in [6.07, 6.45) is 0.730. The Morgan fingerprint density at radius 2 is 1.95 bits per heavy atom. The van der Waals surface area contributed by atoms with Gasteiger partial charge in [0, 0.05) is 4.88 Å². The van der Waals surface area contributed by atoms with Crippen molar-refractivity contribution in [2.24, 2.45) is 0 Å². The van der Waals surface area contributed by atoms with Crippen LogP contribution in [-0.4, -0.2) is 25.7 Å². The van der Waals surface area contributed by atoms with Crippen molar-refractivity contribution in [3.63, 3.8) is 0 Å². The van der Waals surface area contributed by atoms with E-state index in [2.05, 4.69) is 4.72 Å². The summed E-state index contributed by atoms with van der Waals surface area (Å²) in [4.78, 5) is 12.8. The van der Waals surface area contributed by atoms with Crippen LogP contribution in [0.15, 0.2) is 6.07 Å². The van der Waals surface area contributed by atoms with E-state index in [1.165, 1.54) is 11.3 Å². The third-order valence-corrected chi connectivity index (χ3v) is 6.07. The van der Waals surface area contributed by atoms with Crippen LogP contribution in [0.1, 0.15) is 49.9 Å². The third-order valence-electron chi connectivity index (χ3n) is 2.66. The highest BCUT2D eigenvalue weighted by Gasteiger charge is 2.31. The molecule has 1 heterocycles. The molecular weight excluding hydrogens is 298 g/mol. The first-order chi connectivity index (χ1) is 9.12. The fourth-order valence-corrected chi connectivity index (χ4v) is 3.32. The van der Waals surface area contributed by atoms with Gasteiger partial charge in [0.2, 0.25) is 10.0 Å². The largest absolute Gasteiger partial charge is 0.462 e. The normalized spacial score (nSPS) is 12.2. The van der Waals surface area contributed by atoms with E-state index in [-0.39, 0.29) is 12.2 Å². The maximum atomic E-state index is 12.2. The molecule has 0 aromatic carbocycles. The first kappa shape index (κ1) is 17.0. The predicted molar refractivity (Wildman–Crippen MR) is 81.9 cm³/mol. The molecule has 0 fully saturated rings. The van der Waals surface area contributed by atoms with Gasteiger partial charge in [-0.25, -0.2) is 13.2 Å². The maximum Gasteiger partial charge on any atom is 0.341 e. The molecule has 0 aliphatic rings. The minimum atomic E-state index is -3.56. The van der Waals surface area contributed by atoms with Crippen LogP contribution < -0.4 is 4.72 Å². The number of esters is 1. The Labute approximate surface area is 124 Å². The van der Waals surface area contributed by atoms with E-state index in [0.29, 0.717) is 5.00 Å². The van der Waals surface area contributed by atoms with E-state index in [9.17, 15) is 13.2 Å². The number of hydrogen-bond acceptors (Lipinski definition) is 5. The van der Waals surface area contributed by atoms with Gasteiger partial charge in [-0.3, -0.25) is 4.72 Å². The number of sulfonamides is 1. The summed E-state index contributed by atoms with van der Waals surface area (Å²) < 4.78 is 30.9. The van der Waals surface area contributed by atoms with Gasteiger partial charge in [0.1, 0.15) is 5.00 Å². The van der Waals surface area contributed by atoms with Crippen molar-refractivity contribution >= 4 is 32.3 Å². The number of thiophene rings is 1. The number of aryl methyl sites for hydroxylation is 1. The SMILES string of the molecule is CCOC(=O)c1cc(CC)sc1NS(=O)(=O)C(C)(C)C. The van der Waals surface area contributed by atoms with E-state index in [4.69, 9.17) is 4.74 Å². The van der Waals surface area contributed by atoms with Crippen LogP contribution in [0.5, 0.6) is 0 Å². The molecule has 0 spiro atoms. The summed E-state index contributed by atoms with van der Waals surface area (Å²) >= 11 is 1.27. The standard InChI is InChI=1S/C13H21NO4S2/c1-6-9-8-10(12(15)18-7-2)11(19-9)14-20(16,17)13(3,4)5/h8,14H,6-7H2,1-5H3. The topological polar surface area (TPSA) is 72.5 Å². The highest BCUT2D eigenvalue weighted by atomic mass is 32.2.